The lowest BCUT2D eigenvalue weighted by molar-refractivity contribution is 0.0303. The lowest BCUT2D eigenvalue weighted by atomic mass is 10.1. The van der Waals surface area contributed by atoms with Gasteiger partial charge in [-0.2, -0.15) is 0 Å². The van der Waals surface area contributed by atoms with Crippen molar-refractivity contribution in [2.24, 2.45) is 0 Å². The fourth-order valence-electron chi connectivity index (χ4n) is 2.34. The minimum Gasteiger partial charge on any atom is -0.380 e. The van der Waals surface area contributed by atoms with Gasteiger partial charge >= 0.3 is 0 Å². The highest BCUT2D eigenvalue weighted by Gasteiger charge is 2.21. The molecule has 3 rings (SSSR count). The largest absolute Gasteiger partial charge is 0.380 e. The predicted molar refractivity (Wildman–Crippen MR) is 78.5 cm³/mol. The molecule has 0 spiro atoms. The molecule has 0 bridgehead atoms. The summed E-state index contributed by atoms with van der Waals surface area (Å²) in [4.78, 5) is 14.2. The van der Waals surface area contributed by atoms with E-state index in [4.69, 9.17) is 16.3 Å². The van der Waals surface area contributed by atoms with Gasteiger partial charge in [-0.25, -0.2) is 0 Å². The molecule has 2 aliphatic heterocycles. The van der Waals surface area contributed by atoms with Crippen LogP contribution in [-0.2, 0) is 4.74 Å². The summed E-state index contributed by atoms with van der Waals surface area (Å²) in [6.45, 7) is 4.37. The molecule has 0 aromatic heterocycles. The van der Waals surface area contributed by atoms with Crippen LogP contribution in [0.4, 0.5) is 5.69 Å². The molecule has 2 heterocycles. The number of morpholine rings is 1. The van der Waals surface area contributed by atoms with Crippen LogP contribution in [0.25, 0.3) is 0 Å². The van der Waals surface area contributed by atoms with Crippen LogP contribution in [0.1, 0.15) is 10.4 Å². The normalized spacial score (nSPS) is 19.6. The van der Waals surface area contributed by atoms with Gasteiger partial charge in [-0.05, 0) is 18.2 Å². The van der Waals surface area contributed by atoms with E-state index in [9.17, 15) is 4.79 Å². The van der Waals surface area contributed by atoms with Gasteiger partial charge in [0.25, 0.3) is 5.91 Å². The average molecular weight is 296 g/mol. The van der Waals surface area contributed by atoms with Gasteiger partial charge in [0.1, 0.15) is 0 Å². The quantitative estimate of drug-likeness (QED) is 0.880. The number of hydrogen-bond acceptors (Lipinski definition) is 4. The smallest absolute Gasteiger partial charge is 0.255 e. The molecule has 20 heavy (non-hydrogen) atoms. The van der Waals surface area contributed by atoms with E-state index in [-0.39, 0.29) is 5.91 Å². The van der Waals surface area contributed by atoms with Crippen LogP contribution in [0, 0.1) is 0 Å². The molecule has 6 heteroatoms. The molecule has 0 radical (unpaired) electrons. The zero-order valence-corrected chi connectivity index (χ0v) is 11.9. The Morgan fingerprint density at radius 1 is 1.35 bits per heavy atom. The number of amides is 1. The standard InChI is InChI=1S/C14H18ClN3O2/c15-13-7-10(17-11-8-16-9-11)1-2-12(13)14(19)18-3-5-20-6-4-18/h1-2,7,11,16-17H,3-6,8-9H2. The minimum atomic E-state index is -0.0184. The topological polar surface area (TPSA) is 53.6 Å². The molecular formula is C14H18ClN3O2. The van der Waals surface area contributed by atoms with Crippen molar-refractivity contribution in [1.29, 1.82) is 0 Å². The molecule has 2 fully saturated rings. The summed E-state index contributed by atoms with van der Waals surface area (Å²) in [7, 11) is 0. The Bertz CT molecular complexity index is 499. The third-order valence-electron chi connectivity index (χ3n) is 3.65. The van der Waals surface area contributed by atoms with Gasteiger partial charge in [-0.3, -0.25) is 4.79 Å². The van der Waals surface area contributed by atoms with Gasteiger partial charge in [0.05, 0.1) is 29.8 Å². The molecular weight excluding hydrogens is 278 g/mol. The molecule has 2 aliphatic rings. The number of rotatable bonds is 3. The van der Waals surface area contributed by atoms with E-state index in [0.717, 1.165) is 18.8 Å². The number of ether oxygens (including phenoxy) is 1. The molecule has 0 saturated carbocycles. The highest BCUT2D eigenvalue weighted by atomic mass is 35.5. The van der Waals surface area contributed by atoms with E-state index in [2.05, 4.69) is 10.6 Å². The van der Waals surface area contributed by atoms with E-state index in [1.54, 1.807) is 11.0 Å². The van der Waals surface area contributed by atoms with Crippen molar-refractivity contribution < 1.29 is 9.53 Å². The number of carbonyl (C=O) groups is 1. The fraction of sp³-hybridized carbons (Fsp3) is 0.500. The van der Waals surface area contributed by atoms with Crippen LogP contribution in [0.2, 0.25) is 5.02 Å². The SMILES string of the molecule is O=C(c1ccc(NC2CNC2)cc1Cl)N1CCOCC1. The second kappa shape index (κ2) is 5.99. The third-order valence-corrected chi connectivity index (χ3v) is 3.96. The second-order valence-corrected chi connectivity index (χ2v) is 5.51. The number of nitrogens with one attached hydrogen (secondary N) is 2. The summed E-state index contributed by atoms with van der Waals surface area (Å²) in [6, 6.07) is 5.99. The first-order valence-electron chi connectivity index (χ1n) is 6.88. The maximum Gasteiger partial charge on any atom is 0.255 e. The van der Waals surface area contributed by atoms with Crippen LogP contribution in [-0.4, -0.2) is 56.2 Å². The summed E-state index contributed by atoms with van der Waals surface area (Å²) < 4.78 is 5.25. The number of halogens is 1. The Balaban J connectivity index is 1.70. The highest BCUT2D eigenvalue weighted by molar-refractivity contribution is 6.34. The van der Waals surface area contributed by atoms with Gasteiger partial charge < -0.3 is 20.3 Å². The monoisotopic (exact) mass is 295 g/mol. The van der Waals surface area contributed by atoms with E-state index in [1.807, 2.05) is 12.1 Å². The van der Waals surface area contributed by atoms with Gasteiger partial charge in [0, 0.05) is 31.9 Å². The van der Waals surface area contributed by atoms with Crippen molar-refractivity contribution >= 4 is 23.2 Å². The maximum absolute atomic E-state index is 12.4. The van der Waals surface area contributed by atoms with Crippen LogP contribution >= 0.6 is 11.6 Å². The molecule has 1 aromatic rings. The van der Waals surface area contributed by atoms with E-state index in [0.29, 0.717) is 42.9 Å². The van der Waals surface area contributed by atoms with Gasteiger partial charge in [0.15, 0.2) is 0 Å². The molecule has 0 aliphatic carbocycles. The number of carbonyl (C=O) groups excluding carboxylic acids is 1. The van der Waals surface area contributed by atoms with Crippen molar-refractivity contribution in [3.05, 3.63) is 28.8 Å². The first-order chi connectivity index (χ1) is 9.74. The van der Waals surface area contributed by atoms with Gasteiger partial charge in [-0.15, -0.1) is 0 Å². The molecule has 0 unspecified atom stereocenters. The van der Waals surface area contributed by atoms with Crippen molar-refractivity contribution in [2.75, 3.05) is 44.7 Å². The fourth-order valence-corrected chi connectivity index (χ4v) is 2.60. The van der Waals surface area contributed by atoms with Crippen LogP contribution in [0.5, 0.6) is 0 Å². The molecule has 5 nitrogen and oxygen atoms in total. The molecule has 2 saturated heterocycles. The number of anilines is 1. The summed E-state index contributed by atoms with van der Waals surface area (Å²) in [5, 5.41) is 7.07. The van der Waals surface area contributed by atoms with Crippen molar-refractivity contribution in [3.8, 4) is 0 Å². The molecule has 1 aromatic carbocycles. The lowest BCUT2D eigenvalue weighted by Crippen LogP contribution is -2.51. The Morgan fingerprint density at radius 2 is 2.10 bits per heavy atom. The van der Waals surface area contributed by atoms with Crippen molar-refractivity contribution in [2.45, 2.75) is 6.04 Å². The zero-order valence-electron chi connectivity index (χ0n) is 11.2. The Labute approximate surface area is 123 Å². The molecule has 108 valence electrons. The summed E-state index contributed by atoms with van der Waals surface area (Å²) in [6.07, 6.45) is 0. The first-order valence-corrected chi connectivity index (χ1v) is 7.25. The second-order valence-electron chi connectivity index (χ2n) is 5.10. The molecule has 0 atom stereocenters. The van der Waals surface area contributed by atoms with Crippen LogP contribution < -0.4 is 10.6 Å². The summed E-state index contributed by atoms with van der Waals surface area (Å²) >= 11 is 6.25. The van der Waals surface area contributed by atoms with E-state index in [1.165, 1.54) is 0 Å². The van der Waals surface area contributed by atoms with Crippen molar-refractivity contribution in [1.82, 2.24) is 10.2 Å². The van der Waals surface area contributed by atoms with Crippen LogP contribution in [0.15, 0.2) is 18.2 Å². The molecule has 2 N–H and O–H groups in total. The molecule has 1 amide bonds. The average Bonchev–Trinajstić information content (AvgIpc) is 2.43. The Hall–Kier alpha value is -1.30. The predicted octanol–water partition coefficient (Wildman–Crippen LogP) is 1.20. The zero-order chi connectivity index (χ0) is 13.9. The number of nitrogens with zero attached hydrogens (tertiary/aromatic N) is 1. The number of benzene rings is 1. The van der Waals surface area contributed by atoms with E-state index >= 15 is 0 Å². The highest BCUT2D eigenvalue weighted by Crippen LogP contribution is 2.23. The summed E-state index contributed by atoms with van der Waals surface area (Å²) in [5.41, 5.74) is 1.52. The Kier molecular flexibility index (Phi) is 4.10. The maximum atomic E-state index is 12.4. The lowest BCUT2D eigenvalue weighted by Gasteiger charge is -2.29. The minimum absolute atomic E-state index is 0.0184. The van der Waals surface area contributed by atoms with E-state index < -0.39 is 0 Å². The van der Waals surface area contributed by atoms with Crippen molar-refractivity contribution in [3.63, 3.8) is 0 Å². The Morgan fingerprint density at radius 3 is 2.70 bits per heavy atom. The van der Waals surface area contributed by atoms with Gasteiger partial charge in [-0.1, -0.05) is 11.6 Å². The summed E-state index contributed by atoms with van der Waals surface area (Å²) in [5.74, 6) is -0.0184. The first kappa shape index (κ1) is 13.7. The van der Waals surface area contributed by atoms with Gasteiger partial charge in [0.2, 0.25) is 0 Å². The third kappa shape index (κ3) is 2.90. The van der Waals surface area contributed by atoms with Crippen LogP contribution in [0.3, 0.4) is 0 Å². The number of hydrogen-bond donors (Lipinski definition) is 2.